The van der Waals surface area contributed by atoms with Crippen LogP contribution < -0.4 is 14.8 Å². The van der Waals surface area contributed by atoms with E-state index in [1.165, 1.54) is 4.90 Å². The van der Waals surface area contributed by atoms with Crippen LogP contribution in [0.15, 0.2) is 54.6 Å². The van der Waals surface area contributed by atoms with Gasteiger partial charge >= 0.3 is 5.97 Å². The van der Waals surface area contributed by atoms with Crippen LogP contribution in [0.1, 0.15) is 48.9 Å². The Hall–Kier alpha value is -3.55. The van der Waals surface area contributed by atoms with Gasteiger partial charge in [0.1, 0.15) is 36.9 Å². The molecule has 0 radical (unpaired) electrons. The summed E-state index contributed by atoms with van der Waals surface area (Å²) in [6.45, 7) is 1.19. The molecule has 2 aliphatic rings. The van der Waals surface area contributed by atoms with E-state index in [0.29, 0.717) is 31.0 Å². The molecule has 1 N–H and O–H groups in total. The maximum Gasteiger partial charge on any atom is 0.308 e. The minimum atomic E-state index is -0.915. The molecular weight excluding hydrogens is 448 g/mol. The number of para-hydroxylation sites is 2. The standard InChI is InChI=1S/C27H32N2O6/c30-25(35-21-11-5-2-6-12-21)19-23-26(31)28-15-16-29(23)27(32)22-13-7-8-14-24(22)34-18-17-33-20-9-3-1-4-10-20/h1,3-4,7-10,13-14,21,23H,2,5-6,11-12,15-19H2,(H,28,31). The van der Waals surface area contributed by atoms with Gasteiger partial charge in [0, 0.05) is 13.1 Å². The first-order valence-electron chi connectivity index (χ1n) is 12.3. The Kier molecular flexibility index (Phi) is 8.59. The Morgan fingerprint density at radius 3 is 2.43 bits per heavy atom. The summed E-state index contributed by atoms with van der Waals surface area (Å²) in [5.41, 5.74) is 0.340. The Balaban J connectivity index is 1.38. The van der Waals surface area contributed by atoms with Crippen molar-refractivity contribution in [1.29, 1.82) is 0 Å². The SMILES string of the molecule is O=C(CC1C(=O)NCCN1C(=O)c1ccccc1OCCOc1ccccc1)OC1CCCCC1. The number of esters is 1. The number of ether oxygens (including phenoxy) is 3. The molecule has 186 valence electrons. The maximum absolute atomic E-state index is 13.5. The quantitative estimate of drug-likeness (QED) is 0.437. The molecule has 1 aliphatic carbocycles. The summed E-state index contributed by atoms with van der Waals surface area (Å²) in [6.07, 6.45) is 4.68. The predicted octanol–water partition coefficient (Wildman–Crippen LogP) is 3.35. The minimum Gasteiger partial charge on any atom is -0.490 e. The van der Waals surface area contributed by atoms with Gasteiger partial charge in [-0.05, 0) is 49.9 Å². The third-order valence-electron chi connectivity index (χ3n) is 6.27. The second-order valence-electron chi connectivity index (χ2n) is 8.77. The Morgan fingerprint density at radius 2 is 1.63 bits per heavy atom. The molecule has 0 spiro atoms. The molecule has 0 bridgehead atoms. The average Bonchev–Trinajstić information content (AvgIpc) is 2.89. The van der Waals surface area contributed by atoms with E-state index in [-0.39, 0.29) is 30.9 Å². The van der Waals surface area contributed by atoms with Gasteiger partial charge in [-0.1, -0.05) is 36.8 Å². The second kappa shape index (κ2) is 12.2. The molecule has 1 saturated heterocycles. The van der Waals surface area contributed by atoms with Crippen molar-refractivity contribution in [3.05, 3.63) is 60.2 Å². The van der Waals surface area contributed by atoms with Crippen LogP contribution in [0.25, 0.3) is 0 Å². The highest BCUT2D eigenvalue weighted by Crippen LogP contribution is 2.24. The molecule has 35 heavy (non-hydrogen) atoms. The van der Waals surface area contributed by atoms with Gasteiger partial charge in [-0.15, -0.1) is 0 Å². The first-order chi connectivity index (χ1) is 17.1. The van der Waals surface area contributed by atoms with E-state index in [2.05, 4.69) is 5.32 Å². The topological polar surface area (TPSA) is 94.2 Å². The zero-order chi connectivity index (χ0) is 24.5. The molecule has 1 aliphatic heterocycles. The Morgan fingerprint density at radius 1 is 0.914 bits per heavy atom. The monoisotopic (exact) mass is 480 g/mol. The van der Waals surface area contributed by atoms with E-state index < -0.39 is 12.0 Å². The Bertz CT molecular complexity index is 1010. The van der Waals surface area contributed by atoms with Crippen molar-refractivity contribution in [1.82, 2.24) is 10.2 Å². The van der Waals surface area contributed by atoms with Crippen molar-refractivity contribution in [2.24, 2.45) is 0 Å². The van der Waals surface area contributed by atoms with Gasteiger partial charge in [-0.3, -0.25) is 14.4 Å². The molecule has 2 aromatic carbocycles. The van der Waals surface area contributed by atoms with Crippen LogP contribution in [-0.2, 0) is 14.3 Å². The zero-order valence-electron chi connectivity index (χ0n) is 19.8. The largest absolute Gasteiger partial charge is 0.490 e. The minimum absolute atomic E-state index is 0.0979. The highest BCUT2D eigenvalue weighted by atomic mass is 16.5. The van der Waals surface area contributed by atoms with E-state index in [4.69, 9.17) is 14.2 Å². The molecule has 1 heterocycles. The van der Waals surface area contributed by atoms with E-state index in [9.17, 15) is 14.4 Å². The van der Waals surface area contributed by atoms with Gasteiger partial charge in [0.05, 0.1) is 12.0 Å². The van der Waals surface area contributed by atoms with Crippen LogP contribution in [0.4, 0.5) is 0 Å². The van der Waals surface area contributed by atoms with E-state index in [1.807, 2.05) is 30.3 Å². The van der Waals surface area contributed by atoms with Crippen molar-refractivity contribution < 1.29 is 28.6 Å². The number of nitrogens with zero attached hydrogens (tertiary/aromatic N) is 1. The number of rotatable bonds is 9. The maximum atomic E-state index is 13.5. The summed E-state index contributed by atoms with van der Waals surface area (Å²) in [7, 11) is 0. The smallest absolute Gasteiger partial charge is 0.308 e. The molecule has 2 aromatic rings. The van der Waals surface area contributed by atoms with Gasteiger partial charge in [0.15, 0.2) is 0 Å². The fourth-order valence-electron chi connectivity index (χ4n) is 4.49. The van der Waals surface area contributed by atoms with Crippen LogP contribution in [0.5, 0.6) is 11.5 Å². The van der Waals surface area contributed by atoms with Gasteiger partial charge < -0.3 is 24.4 Å². The highest BCUT2D eigenvalue weighted by molar-refractivity contribution is 6.01. The van der Waals surface area contributed by atoms with Crippen LogP contribution >= 0.6 is 0 Å². The number of carbonyl (C=O) groups excluding carboxylic acids is 3. The highest BCUT2D eigenvalue weighted by Gasteiger charge is 2.37. The molecule has 1 unspecified atom stereocenters. The summed E-state index contributed by atoms with van der Waals surface area (Å²) >= 11 is 0. The summed E-state index contributed by atoms with van der Waals surface area (Å²) in [6, 6.07) is 15.4. The van der Waals surface area contributed by atoms with Crippen LogP contribution in [0, 0.1) is 0 Å². The number of carbonyl (C=O) groups is 3. The normalized spacial score (nSPS) is 18.5. The fraction of sp³-hybridized carbons (Fsp3) is 0.444. The first-order valence-corrected chi connectivity index (χ1v) is 12.3. The lowest BCUT2D eigenvalue weighted by Gasteiger charge is -2.35. The van der Waals surface area contributed by atoms with Gasteiger partial charge in [-0.2, -0.15) is 0 Å². The van der Waals surface area contributed by atoms with Gasteiger partial charge in [-0.25, -0.2) is 0 Å². The van der Waals surface area contributed by atoms with E-state index in [0.717, 1.165) is 37.9 Å². The van der Waals surface area contributed by atoms with Crippen LogP contribution in [0.2, 0.25) is 0 Å². The molecule has 1 atom stereocenters. The van der Waals surface area contributed by atoms with Crippen molar-refractivity contribution in [2.45, 2.75) is 50.7 Å². The number of hydrogen-bond donors (Lipinski definition) is 1. The molecule has 4 rings (SSSR count). The lowest BCUT2D eigenvalue weighted by atomic mass is 9.98. The zero-order valence-corrected chi connectivity index (χ0v) is 19.8. The van der Waals surface area contributed by atoms with Gasteiger partial charge in [0.25, 0.3) is 5.91 Å². The fourth-order valence-corrected chi connectivity index (χ4v) is 4.49. The van der Waals surface area contributed by atoms with Crippen molar-refractivity contribution in [3.8, 4) is 11.5 Å². The summed E-state index contributed by atoms with van der Waals surface area (Å²) in [5.74, 6) is 0.000477. The molecular formula is C27H32N2O6. The summed E-state index contributed by atoms with van der Waals surface area (Å²) in [5, 5.41) is 2.76. The number of nitrogens with one attached hydrogen (secondary N) is 1. The van der Waals surface area contributed by atoms with E-state index >= 15 is 0 Å². The lowest BCUT2D eigenvalue weighted by molar-refractivity contribution is -0.153. The van der Waals surface area contributed by atoms with E-state index in [1.54, 1.807) is 24.3 Å². The van der Waals surface area contributed by atoms with Crippen LogP contribution in [-0.4, -0.2) is 61.1 Å². The number of benzene rings is 2. The third-order valence-corrected chi connectivity index (χ3v) is 6.27. The summed E-state index contributed by atoms with van der Waals surface area (Å²) in [4.78, 5) is 40.2. The van der Waals surface area contributed by atoms with Crippen molar-refractivity contribution >= 4 is 17.8 Å². The molecule has 2 amide bonds. The second-order valence-corrected chi connectivity index (χ2v) is 8.77. The molecule has 8 heteroatoms. The number of piperazine rings is 1. The number of amides is 2. The van der Waals surface area contributed by atoms with Crippen molar-refractivity contribution in [2.75, 3.05) is 26.3 Å². The summed E-state index contributed by atoms with van der Waals surface area (Å²) < 4.78 is 17.1. The van der Waals surface area contributed by atoms with Crippen LogP contribution in [0.3, 0.4) is 0 Å². The predicted molar refractivity (Wildman–Crippen MR) is 129 cm³/mol. The van der Waals surface area contributed by atoms with Gasteiger partial charge in [0.2, 0.25) is 5.91 Å². The number of hydrogen-bond acceptors (Lipinski definition) is 6. The van der Waals surface area contributed by atoms with Crippen molar-refractivity contribution in [3.63, 3.8) is 0 Å². The molecule has 0 aromatic heterocycles. The Labute approximate surface area is 205 Å². The average molecular weight is 481 g/mol. The third kappa shape index (κ3) is 6.74. The first kappa shape index (κ1) is 24.6. The lowest BCUT2D eigenvalue weighted by Crippen LogP contribution is -2.58. The molecule has 1 saturated carbocycles. The molecule has 8 nitrogen and oxygen atoms in total. The molecule has 2 fully saturated rings.